The highest BCUT2D eigenvalue weighted by atomic mass is 16.5. The van der Waals surface area contributed by atoms with Gasteiger partial charge in [0.15, 0.2) is 5.78 Å². The minimum atomic E-state index is -0.0153. The molecule has 0 bridgehead atoms. The van der Waals surface area contributed by atoms with Crippen LogP contribution in [-0.2, 0) is 14.3 Å². The minimum absolute atomic E-state index is 0.0153. The predicted octanol–water partition coefficient (Wildman–Crippen LogP) is 6.50. The molecule has 0 aromatic rings. The highest BCUT2D eigenvalue weighted by Gasteiger charge is 2.57. The van der Waals surface area contributed by atoms with E-state index in [1.54, 1.807) is 12.5 Å². The first-order chi connectivity index (χ1) is 16.5. The Morgan fingerprint density at radius 3 is 2.51 bits per heavy atom. The number of hydrogen-bond donors (Lipinski definition) is 0. The van der Waals surface area contributed by atoms with E-state index in [9.17, 15) is 9.59 Å². The van der Waals surface area contributed by atoms with Gasteiger partial charge < -0.3 is 9.64 Å². The van der Waals surface area contributed by atoms with E-state index in [0.29, 0.717) is 29.6 Å². The minimum Gasteiger partial charge on any atom is -0.462 e. The van der Waals surface area contributed by atoms with E-state index in [4.69, 9.17) is 4.74 Å². The van der Waals surface area contributed by atoms with E-state index in [-0.39, 0.29) is 28.7 Å². The fraction of sp³-hybridized carbons (Fsp3) is 0.806. The van der Waals surface area contributed by atoms with Crippen LogP contribution < -0.4 is 0 Å². The Hall–Kier alpha value is -1.42. The Morgan fingerprint density at radius 1 is 1.00 bits per heavy atom. The summed E-state index contributed by atoms with van der Waals surface area (Å²) in [5.41, 5.74) is 3.31. The lowest BCUT2D eigenvalue weighted by Crippen LogP contribution is -2.50. The van der Waals surface area contributed by atoms with Crippen LogP contribution in [-0.4, -0.2) is 42.4 Å². The lowest BCUT2D eigenvalue weighted by molar-refractivity contribution is -0.152. The van der Waals surface area contributed by atoms with Gasteiger partial charge in [0.1, 0.15) is 6.10 Å². The average molecular weight is 482 g/mol. The molecule has 2 saturated carbocycles. The molecule has 35 heavy (non-hydrogen) atoms. The third-order valence-corrected chi connectivity index (χ3v) is 10.9. The Labute approximate surface area is 212 Å². The highest BCUT2D eigenvalue weighted by molar-refractivity contribution is 5.95. The van der Waals surface area contributed by atoms with E-state index in [2.05, 4.69) is 44.7 Å². The third kappa shape index (κ3) is 4.58. The molecule has 0 aromatic heterocycles. The monoisotopic (exact) mass is 481 g/mol. The van der Waals surface area contributed by atoms with Crippen LogP contribution in [0.4, 0.5) is 0 Å². The molecular weight excluding hydrogens is 434 g/mol. The van der Waals surface area contributed by atoms with Crippen molar-refractivity contribution in [1.82, 2.24) is 4.90 Å². The lowest BCUT2D eigenvalue weighted by Gasteiger charge is -2.57. The molecule has 1 saturated heterocycles. The number of fused-ring (bicyclic) bond motifs is 5. The van der Waals surface area contributed by atoms with Gasteiger partial charge in [-0.25, -0.2) is 0 Å². The normalized spacial score (nSPS) is 40.6. The molecule has 5 aliphatic rings. The first-order valence-electron chi connectivity index (χ1n) is 14.3. The first-order valence-corrected chi connectivity index (χ1v) is 14.3. The predicted molar refractivity (Wildman–Crippen MR) is 140 cm³/mol. The molecule has 4 nitrogen and oxygen atoms in total. The van der Waals surface area contributed by atoms with Gasteiger partial charge in [0.2, 0.25) is 0 Å². The summed E-state index contributed by atoms with van der Waals surface area (Å²) in [6.45, 7) is 14.3. The maximum Gasteiger partial charge on any atom is 0.307 e. The van der Waals surface area contributed by atoms with Crippen molar-refractivity contribution in [3.63, 3.8) is 0 Å². The molecule has 1 heterocycles. The average Bonchev–Trinajstić information content (AvgIpc) is 3.15. The van der Waals surface area contributed by atoms with Crippen molar-refractivity contribution in [2.75, 3.05) is 19.6 Å². The third-order valence-electron chi connectivity index (χ3n) is 10.9. The standard InChI is InChI=1S/C31H47NO3/c1-21(33)25-9-10-26-24-8-7-22-19-23(11-15-30(22,4)27(24)12-16-31(25,26)5)35-28(34)13-18-32-17-6-14-29(2,3)20-32/h7,9,23-24,26-27H,6,8,10-20H2,1-5H3/t23?,24?,26?,27?,30-,31+/m0/s1. The maximum atomic E-state index is 12.7. The van der Waals surface area contributed by atoms with Crippen molar-refractivity contribution in [3.8, 4) is 0 Å². The number of carbonyl (C=O) groups excluding carboxylic acids is 2. The van der Waals surface area contributed by atoms with Crippen LogP contribution in [0.1, 0.15) is 98.8 Å². The smallest absolute Gasteiger partial charge is 0.307 e. The summed E-state index contributed by atoms with van der Waals surface area (Å²) in [5.74, 6) is 2.23. The van der Waals surface area contributed by atoms with Gasteiger partial charge in [-0.05, 0) is 104 Å². The van der Waals surface area contributed by atoms with Crippen LogP contribution in [0, 0.1) is 34.0 Å². The van der Waals surface area contributed by atoms with Gasteiger partial charge in [0.05, 0.1) is 6.42 Å². The van der Waals surface area contributed by atoms with Crippen molar-refractivity contribution in [2.24, 2.45) is 34.0 Å². The van der Waals surface area contributed by atoms with Crippen LogP contribution in [0.3, 0.4) is 0 Å². The van der Waals surface area contributed by atoms with Gasteiger partial charge in [0, 0.05) is 19.5 Å². The zero-order chi connectivity index (χ0) is 25.0. The number of Topliss-reactive ketones (excluding diaryl/α,β-unsaturated/α-hetero) is 1. The zero-order valence-electron chi connectivity index (χ0n) is 22.8. The Morgan fingerprint density at radius 2 is 1.77 bits per heavy atom. The number of likely N-dealkylation sites (tertiary alicyclic amines) is 1. The second-order valence-corrected chi connectivity index (χ2v) is 13.8. The lowest BCUT2D eigenvalue weighted by atomic mass is 9.47. The Balaban J connectivity index is 1.19. The molecule has 5 rings (SSSR count). The molecule has 194 valence electrons. The van der Waals surface area contributed by atoms with E-state index in [0.717, 1.165) is 63.7 Å². The fourth-order valence-electron chi connectivity index (χ4n) is 9.07. The van der Waals surface area contributed by atoms with Gasteiger partial charge in [0.25, 0.3) is 0 Å². The van der Waals surface area contributed by atoms with Crippen molar-refractivity contribution in [3.05, 3.63) is 23.3 Å². The quantitative estimate of drug-likeness (QED) is 0.332. The van der Waals surface area contributed by atoms with Crippen molar-refractivity contribution < 1.29 is 14.3 Å². The molecule has 0 aromatic carbocycles. The zero-order valence-corrected chi connectivity index (χ0v) is 22.8. The van der Waals surface area contributed by atoms with E-state index in [1.165, 1.54) is 19.3 Å². The molecule has 0 radical (unpaired) electrons. The van der Waals surface area contributed by atoms with Crippen LogP contribution in [0.25, 0.3) is 0 Å². The largest absolute Gasteiger partial charge is 0.462 e. The molecule has 3 fully saturated rings. The second-order valence-electron chi connectivity index (χ2n) is 13.8. The topological polar surface area (TPSA) is 46.6 Å². The summed E-state index contributed by atoms with van der Waals surface area (Å²) >= 11 is 0. The molecule has 6 atom stereocenters. The van der Waals surface area contributed by atoms with Crippen molar-refractivity contribution in [2.45, 2.75) is 105 Å². The summed E-state index contributed by atoms with van der Waals surface area (Å²) in [5, 5.41) is 0. The highest BCUT2D eigenvalue weighted by Crippen LogP contribution is 2.65. The Bertz CT molecular complexity index is 932. The number of ketones is 1. The number of allylic oxidation sites excluding steroid dienone is 3. The number of nitrogens with zero attached hydrogens (tertiary/aromatic N) is 1. The molecule has 0 N–H and O–H groups in total. The van der Waals surface area contributed by atoms with Gasteiger partial charge in [-0.1, -0.05) is 45.4 Å². The van der Waals surface area contributed by atoms with E-state index >= 15 is 0 Å². The van der Waals surface area contributed by atoms with Gasteiger partial charge in [-0.15, -0.1) is 0 Å². The number of piperidine rings is 1. The molecule has 1 aliphatic heterocycles. The number of esters is 1. The van der Waals surface area contributed by atoms with Crippen LogP contribution >= 0.6 is 0 Å². The molecule has 0 spiro atoms. The molecule has 4 aliphatic carbocycles. The van der Waals surface area contributed by atoms with Crippen LogP contribution in [0.15, 0.2) is 23.3 Å². The van der Waals surface area contributed by atoms with Crippen molar-refractivity contribution >= 4 is 11.8 Å². The van der Waals surface area contributed by atoms with Crippen LogP contribution in [0.5, 0.6) is 0 Å². The molecular formula is C31H47NO3. The van der Waals surface area contributed by atoms with Gasteiger partial charge in [-0.2, -0.15) is 0 Å². The van der Waals surface area contributed by atoms with E-state index in [1.807, 2.05) is 0 Å². The number of ether oxygens (including phenoxy) is 1. The second kappa shape index (κ2) is 9.15. The number of carbonyl (C=O) groups is 2. The summed E-state index contributed by atoms with van der Waals surface area (Å²) < 4.78 is 6.04. The molecule has 4 heteroatoms. The molecule has 4 unspecified atom stereocenters. The summed E-state index contributed by atoms with van der Waals surface area (Å²) in [6.07, 6.45) is 15.4. The van der Waals surface area contributed by atoms with E-state index < -0.39 is 0 Å². The van der Waals surface area contributed by atoms with Crippen LogP contribution in [0.2, 0.25) is 0 Å². The summed E-state index contributed by atoms with van der Waals surface area (Å²) in [6, 6.07) is 0. The maximum absolute atomic E-state index is 12.7. The number of hydrogen-bond acceptors (Lipinski definition) is 4. The fourth-order valence-corrected chi connectivity index (χ4v) is 9.07. The van der Waals surface area contributed by atoms with Crippen molar-refractivity contribution in [1.29, 1.82) is 0 Å². The van der Waals surface area contributed by atoms with Gasteiger partial charge in [-0.3, -0.25) is 9.59 Å². The Kier molecular flexibility index (Phi) is 6.60. The van der Waals surface area contributed by atoms with Gasteiger partial charge >= 0.3 is 5.97 Å². The molecule has 0 amide bonds. The summed E-state index contributed by atoms with van der Waals surface area (Å²) in [7, 11) is 0. The SMILES string of the molecule is CC(=O)C1=CCC2C3CC=C4CC(OC(=O)CCN5CCCC(C)(C)C5)CC[C@]4(C)C3CC[C@]12C. The number of rotatable bonds is 5. The first kappa shape index (κ1) is 25.2. The summed E-state index contributed by atoms with van der Waals surface area (Å²) in [4.78, 5) is 27.5.